The summed E-state index contributed by atoms with van der Waals surface area (Å²) in [5.74, 6) is 1.56. The van der Waals surface area contributed by atoms with Crippen molar-refractivity contribution in [2.45, 2.75) is 62.2 Å². The van der Waals surface area contributed by atoms with Gasteiger partial charge in [0.05, 0.1) is 17.3 Å². The summed E-state index contributed by atoms with van der Waals surface area (Å²) < 4.78 is 70.9. The van der Waals surface area contributed by atoms with Gasteiger partial charge in [-0.2, -0.15) is 4.31 Å². The van der Waals surface area contributed by atoms with Crippen LogP contribution in [-0.4, -0.2) is 77.1 Å². The first-order valence-electron chi connectivity index (χ1n) is 15.3. The molecule has 1 saturated heterocycles. The van der Waals surface area contributed by atoms with Gasteiger partial charge >= 0.3 is 6.36 Å². The largest absolute Gasteiger partial charge is 0.573 e. The lowest BCUT2D eigenvalue weighted by Crippen LogP contribution is -2.61. The van der Waals surface area contributed by atoms with Crippen molar-refractivity contribution in [3.63, 3.8) is 0 Å². The third-order valence-electron chi connectivity index (χ3n) is 10.1. The van der Waals surface area contributed by atoms with Gasteiger partial charge in [-0.05, 0) is 73.1 Å². The van der Waals surface area contributed by atoms with E-state index >= 15 is 0 Å². The SMILES string of the molecule is O=C(NCC12CC3CCCC(C1)C(C3)C2)[C@H]1CN(c2cnc3cncnc3n2)CCN1S(=O)(=O)c1ccc(OC(F)(F)F)cc1. The molecule has 2 aromatic heterocycles. The summed E-state index contributed by atoms with van der Waals surface area (Å²) in [4.78, 5) is 32.6. The molecule has 11 nitrogen and oxygen atoms in total. The second kappa shape index (κ2) is 11.3. The highest BCUT2D eigenvalue weighted by molar-refractivity contribution is 7.89. The number of piperazine rings is 1. The maximum Gasteiger partial charge on any atom is 0.573 e. The van der Waals surface area contributed by atoms with Crippen LogP contribution in [0.2, 0.25) is 0 Å². The van der Waals surface area contributed by atoms with Crippen LogP contribution < -0.4 is 15.0 Å². The summed E-state index contributed by atoms with van der Waals surface area (Å²) in [6, 6.07) is 2.91. The first-order valence-corrected chi connectivity index (χ1v) is 16.8. The number of benzene rings is 1. The molecule has 45 heavy (non-hydrogen) atoms. The molecule has 3 aromatic rings. The summed E-state index contributed by atoms with van der Waals surface area (Å²) in [6.07, 6.45) is 7.82. The summed E-state index contributed by atoms with van der Waals surface area (Å²) in [5, 5.41) is 3.15. The van der Waals surface area contributed by atoms with Gasteiger partial charge < -0.3 is 15.0 Å². The number of sulfonamides is 1. The molecule has 7 rings (SSSR count). The lowest BCUT2D eigenvalue weighted by molar-refractivity contribution is -0.274. The van der Waals surface area contributed by atoms with Crippen molar-refractivity contribution in [2.75, 3.05) is 31.1 Å². The summed E-state index contributed by atoms with van der Waals surface area (Å²) in [6.45, 7) is 0.656. The molecule has 0 radical (unpaired) electrons. The highest BCUT2D eigenvalue weighted by Gasteiger charge is 2.52. The van der Waals surface area contributed by atoms with Gasteiger partial charge in [0.15, 0.2) is 5.65 Å². The molecule has 4 unspecified atom stereocenters. The Labute approximate surface area is 258 Å². The molecule has 3 heterocycles. The average Bonchev–Trinajstić information content (AvgIpc) is 3.18. The number of nitrogens with one attached hydrogen (secondary N) is 1. The zero-order valence-corrected chi connectivity index (χ0v) is 25.3. The Hall–Kier alpha value is -3.59. The van der Waals surface area contributed by atoms with Gasteiger partial charge in [0.1, 0.15) is 29.5 Å². The van der Waals surface area contributed by atoms with Crippen molar-refractivity contribution >= 4 is 32.9 Å². The highest BCUT2D eigenvalue weighted by Crippen LogP contribution is 2.59. The van der Waals surface area contributed by atoms with Crippen molar-refractivity contribution in [2.24, 2.45) is 23.2 Å². The van der Waals surface area contributed by atoms with Gasteiger partial charge in [-0.1, -0.05) is 19.3 Å². The molecule has 1 aliphatic heterocycles. The predicted octanol–water partition coefficient (Wildman–Crippen LogP) is 3.92. The van der Waals surface area contributed by atoms with Crippen LogP contribution in [0.25, 0.3) is 11.2 Å². The minimum atomic E-state index is -4.91. The Morgan fingerprint density at radius 3 is 2.64 bits per heavy atom. The normalized spacial score (nSPS) is 28.6. The van der Waals surface area contributed by atoms with Crippen LogP contribution in [0.4, 0.5) is 19.0 Å². The molecular formula is C30H34F3N7O4S. The number of nitrogens with zero attached hydrogens (tertiary/aromatic N) is 6. The van der Waals surface area contributed by atoms with Crippen molar-refractivity contribution in [1.29, 1.82) is 0 Å². The monoisotopic (exact) mass is 645 g/mol. The number of alkyl halides is 3. The van der Waals surface area contributed by atoms with Crippen LogP contribution in [0.1, 0.15) is 44.9 Å². The summed E-state index contributed by atoms with van der Waals surface area (Å²) in [5.41, 5.74) is 0.906. The van der Waals surface area contributed by atoms with E-state index in [1.807, 2.05) is 0 Å². The number of carbonyl (C=O) groups is 1. The number of halogens is 3. The molecule has 3 bridgehead atoms. The minimum Gasteiger partial charge on any atom is -0.406 e. The third kappa shape index (κ3) is 6.03. The number of anilines is 1. The molecule has 240 valence electrons. The lowest BCUT2D eigenvalue weighted by atomic mass is 9.69. The van der Waals surface area contributed by atoms with Gasteiger partial charge in [0.2, 0.25) is 15.9 Å². The fraction of sp³-hybridized carbons (Fsp3) is 0.567. The quantitative estimate of drug-likeness (QED) is 0.406. The fourth-order valence-electron chi connectivity index (χ4n) is 8.27. The Balaban J connectivity index is 1.14. The Bertz CT molecular complexity index is 1690. The maximum absolute atomic E-state index is 14.0. The van der Waals surface area contributed by atoms with Crippen molar-refractivity contribution in [3.05, 3.63) is 43.0 Å². The third-order valence-corrected chi connectivity index (χ3v) is 12.0. The number of amides is 1. The first kappa shape index (κ1) is 30.1. The maximum atomic E-state index is 14.0. The van der Waals surface area contributed by atoms with Crippen LogP contribution in [0.3, 0.4) is 0 Å². The Morgan fingerprint density at radius 2 is 1.84 bits per heavy atom. The van der Waals surface area contributed by atoms with E-state index < -0.39 is 34.1 Å². The molecule has 1 N–H and O–H groups in total. The Morgan fingerprint density at radius 1 is 1.04 bits per heavy atom. The average molecular weight is 646 g/mol. The number of aromatic nitrogens is 4. The molecule has 5 atom stereocenters. The molecule has 0 spiro atoms. The number of ether oxygens (including phenoxy) is 1. The number of hydrogen-bond acceptors (Lipinski definition) is 9. The van der Waals surface area contributed by atoms with Crippen LogP contribution in [-0.2, 0) is 14.8 Å². The van der Waals surface area contributed by atoms with Crippen LogP contribution in [0.15, 0.2) is 47.9 Å². The molecule has 15 heteroatoms. The van der Waals surface area contributed by atoms with Gasteiger partial charge in [0, 0.05) is 26.2 Å². The van der Waals surface area contributed by atoms with Gasteiger partial charge in [0.25, 0.3) is 0 Å². The number of hydrogen-bond donors (Lipinski definition) is 1. The fourth-order valence-corrected chi connectivity index (χ4v) is 9.84. The molecule has 4 aliphatic rings. The van der Waals surface area contributed by atoms with Gasteiger partial charge in [-0.25, -0.2) is 28.4 Å². The van der Waals surface area contributed by atoms with E-state index in [1.165, 1.54) is 38.2 Å². The molecule has 1 aromatic carbocycles. The minimum absolute atomic E-state index is 0.00643. The first-order chi connectivity index (χ1) is 21.5. The van der Waals surface area contributed by atoms with E-state index in [0.717, 1.165) is 47.8 Å². The van der Waals surface area contributed by atoms with Gasteiger partial charge in [-0.15, -0.1) is 13.2 Å². The molecule has 3 saturated carbocycles. The summed E-state index contributed by atoms with van der Waals surface area (Å²) in [7, 11) is -4.27. The number of carbonyl (C=O) groups excluding carboxylic acids is 1. The smallest absolute Gasteiger partial charge is 0.406 e. The zero-order valence-electron chi connectivity index (χ0n) is 24.5. The van der Waals surface area contributed by atoms with E-state index in [-0.39, 0.29) is 29.9 Å². The molecule has 1 amide bonds. The van der Waals surface area contributed by atoms with E-state index in [4.69, 9.17) is 0 Å². The lowest BCUT2D eigenvalue weighted by Gasteiger charge is -2.41. The highest BCUT2D eigenvalue weighted by atomic mass is 32.2. The number of rotatable bonds is 7. The standard InChI is InChI=1S/C30H34F3N7O4S/c31-30(32,33)44-22-4-6-23(7-5-22)45(42,43)40-9-8-39(26-15-35-24-14-34-18-37-27(24)38-26)16-25(40)28(41)36-17-29-11-19-2-1-3-20(12-29)21(10-19)13-29/h4-7,14-15,18-21,25H,1-3,8-13,16-17H2,(H,36,41)/t19?,20?,21?,25-,29?/m1/s1. The van der Waals surface area contributed by atoms with Crippen LogP contribution in [0, 0.1) is 23.2 Å². The van der Waals surface area contributed by atoms with Gasteiger partial charge in [-0.3, -0.25) is 4.79 Å². The van der Waals surface area contributed by atoms with E-state index in [2.05, 4.69) is 30.0 Å². The zero-order chi connectivity index (χ0) is 31.4. The predicted molar refractivity (Wildman–Crippen MR) is 156 cm³/mol. The molecular weight excluding hydrogens is 611 g/mol. The van der Waals surface area contributed by atoms with E-state index in [0.29, 0.717) is 41.3 Å². The second-order valence-corrected chi connectivity index (χ2v) is 14.8. The topological polar surface area (TPSA) is 131 Å². The van der Waals surface area contributed by atoms with Crippen molar-refractivity contribution in [3.8, 4) is 5.75 Å². The summed E-state index contributed by atoms with van der Waals surface area (Å²) >= 11 is 0. The van der Waals surface area contributed by atoms with Crippen LogP contribution >= 0.6 is 0 Å². The molecule has 3 aliphatic carbocycles. The van der Waals surface area contributed by atoms with Crippen LogP contribution in [0.5, 0.6) is 5.75 Å². The van der Waals surface area contributed by atoms with Crippen molar-refractivity contribution < 1.29 is 31.1 Å². The Kier molecular flexibility index (Phi) is 7.58. The molecule has 4 fully saturated rings. The van der Waals surface area contributed by atoms with E-state index in [9.17, 15) is 26.4 Å². The second-order valence-electron chi connectivity index (χ2n) is 12.9. The number of fused-ring (bicyclic) bond motifs is 3. The van der Waals surface area contributed by atoms with Crippen molar-refractivity contribution in [1.82, 2.24) is 29.6 Å². The van der Waals surface area contributed by atoms with E-state index in [1.54, 1.807) is 11.1 Å².